The summed E-state index contributed by atoms with van der Waals surface area (Å²) >= 11 is 2.92. The largest absolute Gasteiger partial charge is 0.508 e. The zero-order chi connectivity index (χ0) is 23.1. The molecule has 0 spiro atoms. The van der Waals surface area contributed by atoms with Crippen LogP contribution in [0.1, 0.15) is 5.56 Å². The highest BCUT2D eigenvalue weighted by atomic mass is 32.2. The highest BCUT2D eigenvalue weighted by Gasteiger charge is 2.40. The molecule has 0 aromatic heterocycles. The Balaban J connectivity index is 1.61. The highest BCUT2D eigenvalue weighted by Crippen LogP contribution is 2.51. The number of anilines is 2. The van der Waals surface area contributed by atoms with Crippen molar-refractivity contribution in [3.8, 4) is 11.5 Å². The molecule has 33 heavy (non-hydrogen) atoms. The number of aromatic hydroxyl groups is 1. The molecule has 0 unspecified atom stereocenters. The van der Waals surface area contributed by atoms with Crippen LogP contribution < -0.4 is 14.5 Å². The van der Waals surface area contributed by atoms with Gasteiger partial charge in [-0.25, -0.2) is 4.99 Å². The van der Waals surface area contributed by atoms with E-state index in [9.17, 15) is 9.90 Å². The first-order chi connectivity index (χ1) is 16.0. The topological polar surface area (TPSA) is 65.4 Å². The number of para-hydroxylation sites is 1. The summed E-state index contributed by atoms with van der Waals surface area (Å²) < 4.78 is 5.38. The van der Waals surface area contributed by atoms with Gasteiger partial charge in [-0.3, -0.25) is 9.69 Å². The molecule has 0 saturated carbocycles. The van der Waals surface area contributed by atoms with Crippen molar-refractivity contribution in [1.82, 2.24) is 0 Å². The van der Waals surface area contributed by atoms with E-state index in [2.05, 4.69) is 0 Å². The lowest BCUT2D eigenvalue weighted by Crippen LogP contribution is -2.29. The third kappa shape index (κ3) is 3.85. The van der Waals surface area contributed by atoms with Crippen molar-refractivity contribution in [3.63, 3.8) is 0 Å². The monoisotopic (exact) mass is 475 g/mol. The van der Waals surface area contributed by atoms with E-state index in [0.717, 1.165) is 32.6 Å². The van der Waals surface area contributed by atoms with Gasteiger partial charge in [0.05, 0.1) is 29.2 Å². The second kappa shape index (κ2) is 8.53. The van der Waals surface area contributed by atoms with Crippen LogP contribution in [0.3, 0.4) is 0 Å². The van der Waals surface area contributed by atoms with Crippen LogP contribution in [-0.4, -0.2) is 30.3 Å². The molecule has 6 nitrogen and oxygen atoms in total. The number of methoxy groups -OCH3 is 1. The number of phenolic OH excluding ortho intramolecular Hbond substituents is 1. The van der Waals surface area contributed by atoms with E-state index in [-0.39, 0.29) is 11.7 Å². The predicted molar refractivity (Wildman–Crippen MR) is 136 cm³/mol. The lowest BCUT2D eigenvalue weighted by Gasteiger charge is -2.17. The van der Waals surface area contributed by atoms with Crippen molar-refractivity contribution in [2.24, 2.45) is 4.99 Å². The number of amides is 1. The quantitative estimate of drug-likeness (QED) is 0.477. The second-order valence-electron chi connectivity index (χ2n) is 7.57. The molecule has 166 valence electrons. The summed E-state index contributed by atoms with van der Waals surface area (Å²) in [5.74, 6) is 0.766. The number of carbonyl (C=O) groups is 1. The van der Waals surface area contributed by atoms with Gasteiger partial charge in [-0.05, 0) is 66.7 Å². The van der Waals surface area contributed by atoms with Crippen LogP contribution in [-0.2, 0) is 4.79 Å². The van der Waals surface area contributed by atoms with E-state index >= 15 is 0 Å². The van der Waals surface area contributed by atoms with Gasteiger partial charge in [0.1, 0.15) is 16.4 Å². The summed E-state index contributed by atoms with van der Waals surface area (Å²) in [6.07, 6.45) is 0. The molecule has 2 aliphatic rings. The summed E-state index contributed by atoms with van der Waals surface area (Å²) in [5, 5.41) is 11.2. The zero-order valence-electron chi connectivity index (χ0n) is 18.3. The van der Waals surface area contributed by atoms with E-state index < -0.39 is 0 Å². The molecule has 0 bridgehead atoms. The average molecular weight is 476 g/mol. The van der Waals surface area contributed by atoms with Crippen LogP contribution in [0.5, 0.6) is 11.5 Å². The number of ether oxygens (including phenoxy) is 1. The molecule has 0 atom stereocenters. The summed E-state index contributed by atoms with van der Waals surface area (Å²) in [6, 6.07) is 20.3. The number of amidine groups is 1. The number of fused-ring (bicyclic) bond motifs is 1. The van der Waals surface area contributed by atoms with Crippen molar-refractivity contribution >= 4 is 51.7 Å². The second-order valence-corrected chi connectivity index (χ2v) is 9.58. The minimum absolute atomic E-state index is 0.143. The van der Waals surface area contributed by atoms with Crippen molar-refractivity contribution in [2.45, 2.75) is 11.8 Å². The van der Waals surface area contributed by atoms with E-state index in [4.69, 9.17) is 9.73 Å². The van der Waals surface area contributed by atoms with Gasteiger partial charge >= 0.3 is 0 Å². The zero-order valence-corrected chi connectivity index (χ0v) is 19.9. The summed E-state index contributed by atoms with van der Waals surface area (Å²) in [5.41, 5.74) is 3.48. The Labute approximate surface area is 200 Å². The van der Waals surface area contributed by atoms with Crippen LogP contribution in [0.15, 0.2) is 86.6 Å². The van der Waals surface area contributed by atoms with Crippen LogP contribution >= 0.6 is 23.5 Å². The van der Waals surface area contributed by atoms with E-state index in [1.807, 2.05) is 61.3 Å². The standard InChI is InChI=1S/C25H21N3O3S2/c1-15-6-4-5-7-19(15)26-25-28(16-8-10-17(29)11-9-16)23(30)22(33-25)24-27(2)20-14-18(31-3)12-13-21(20)32-24/h4-14,29H,1-3H3/b24-22-,26-25?. The Morgan fingerprint density at radius 2 is 1.76 bits per heavy atom. The summed E-state index contributed by atoms with van der Waals surface area (Å²) in [7, 11) is 3.60. The van der Waals surface area contributed by atoms with Crippen LogP contribution in [0.25, 0.3) is 0 Å². The molecule has 5 rings (SSSR count). The van der Waals surface area contributed by atoms with Crippen molar-refractivity contribution in [2.75, 3.05) is 24.0 Å². The molecule has 1 fully saturated rings. The van der Waals surface area contributed by atoms with Crippen LogP contribution in [0.4, 0.5) is 17.1 Å². The molecule has 2 heterocycles. The predicted octanol–water partition coefficient (Wildman–Crippen LogP) is 5.89. The first-order valence-corrected chi connectivity index (χ1v) is 11.9. The van der Waals surface area contributed by atoms with Gasteiger partial charge in [-0.1, -0.05) is 30.0 Å². The molecule has 3 aromatic rings. The van der Waals surface area contributed by atoms with Crippen LogP contribution in [0, 0.1) is 6.92 Å². The average Bonchev–Trinajstić information content (AvgIpc) is 3.32. The fourth-order valence-electron chi connectivity index (χ4n) is 3.65. The molecular formula is C25H21N3O3S2. The van der Waals surface area contributed by atoms with E-state index in [0.29, 0.717) is 15.8 Å². The maximum Gasteiger partial charge on any atom is 0.274 e. The third-order valence-corrected chi connectivity index (χ3v) is 7.85. The van der Waals surface area contributed by atoms with Gasteiger partial charge in [0.15, 0.2) is 5.17 Å². The number of hydrogen-bond donors (Lipinski definition) is 1. The molecule has 1 N–H and O–H groups in total. The highest BCUT2D eigenvalue weighted by molar-refractivity contribution is 8.20. The number of aryl methyl sites for hydroxylation is 1. The van der Waals surface area contributed by atoms with E-state index in [1.54, 1.807) is 48.0 Å². The fourth-order valence-corrected chi connectivity index (χ4v) is 5.97. The SMILES string of the molecule is COc1ccc2c(c1)N(C)/C(=C1/SC(=Nc3ccccc3C)N(c3ccc(O)cc3)C1=O)S2. The number of benzene rings is 3. The minimum Gasteiger partial charge on any atom is -0.508 e. The molecule has 3 aromatic carbocycles. The number of hydrogen-bond acceptors (Lipinski definition) is 7. The first kappa shape index (κ1) is 21.5. The number of thioether (sulfide) groups is 2. The maximum atomic E-state index is 13.7. The molecular weight excluding hydrogens is 454 g/mol. The molecule has 0 aliphatic carbocycles. The number of rotatable bonds is 3. The minimum atomic E-state index is -0.146. The Hall–Kier alpha value is -3.36. The Morgan fingerprint density at radius 3 is 2.48 bits per heavy atom. The third-order valence-electron chi connectivity index (χ3n) is 5.45. The Bertz CT molecular complexity index is 1320. The van der Waals surface area contributed by atoms with E-state index in [1.165, 1.54) is 11.8 Å². The molecule has 2 aliphatic heterocycles. The lowest BCUT2D eigenvalue weighted by atomic mass is 10.2. The van der Waals surface area contributed by atoms with Crippen molar-refractivity contribution in [1.29, 1.82) is 0 Å². The molecule has 1 saturated heterocycles. The lowest BCUT2D eigenvalue weighted by molar-refractivity contribution is -0.113. The fraction of sp³-hybridized carbons (Fsp3) is 0.120. The first-order valence-electron chi connectivity index (χ1n) is 10.3. The normalized spacial score (nSPS) is 18.9. The number of phenols is 1. The number of nitrogens with zero attached hydrogens (tertiary/aromatic N) is 3. The molecule has 8 heteroatoms. The van der Waals surface area contributed by atoms with Gasteiger partial charge in [-0.2, -0.15) is 0 Å². The van der Waals surface area contributed by atoms with Crippen molar-refractivity contribution < 1.29 is 14.6 Å². The van der Waals surface area contributed by atoms with Crippen molar-refractivity contribution in [3.05, 3.63) is 82.2 Å². The summed E-state index contributed by atoms with van der Waals surface area (Å²) in [4.78, 5) is 23.9. The summed E-state index contributed by atoms with van der Waals surface area (Å²) in [6.45, 7) is 2.00. The maximum absolute atomic E-state index is 13.7. The Kier molecular flexibility index (Phi) is 5.55. The van der Waals surface area contributed by atoms with Gasteiger partial charge in [0, 0.05) is 18.0 Å². The van der Waals surface area contributed by atoms with Crippen LogP contribution in [0.2, 0.25) is 0 Å². The van der Waals surface area contributed by atoms with Gasteiger partial charge in [0.2, 0.25) is 0 Å². The van der Waals surface area contributed by atoms with Gasteiger partial charge in [-0.15, -0.1) is 0 Å². The molecule has 1 amide bonds. The smallest absolute Gasteiger partial charge is 0.274 e. The molecule has 0 radical (unpaired) electrons. The number of aliphatic imine (C=N–C) groups is 1. The Morgan fingerprint density at radius 1 is 1.00 bits per heavy atom. The van der Waals surface area contributed by atoms with Gasteiger partial charge in [0.25, 0.3) is 5.91 Å². The number of carbonyl (C=O) groups excluding carboxylic acids is 1. The van der Waals surface area contributed by atoms with Gasteiger partial charge < -0.3 is 14.7 Å².